The van der Waals surface area contributed by atoms with Crippen LogP contribution in [-0.4, -0.2) is 28.8 Å². The third-order valence-corrected chi connectivity index (χ3v) is 4.62. The Kier molecular flexibility index (Phi) is 2.99. The van der Waals surface area contributed by atoms with Crippen molar-refractivity contribution in [3.05, 3.63) is 34.8 Å². The standard InChI is InChI=1S/C18H19N3O/c1-11-10-14(21-8-4-3-5-9-21)17-15(22)7-6-13-16(17)18(11)20-12(2)19-13/h6-7,10H,3-5,8-9H2,1-2H3. The van der Waals surface area contributed by atoms with E-state index in [9.17, 15) is 4.79 Å². The number of allylic oxidation sites excluding steroid dienone is 1. The quantitative estimate of drug-likeness (QED) is 0.808. The maximum absolute atomic E-state index is 12.6. The molecule has 0 unspecified atom stereocenters. The summed E-state index contributed by atoms with van der Waals surface area (Å²) in [4.78, 5) is 24.0. The third-order valence-electron chi connectivity index (χ3n) is 4.62. The Morgan fingerprint density at radius 3 is 2.59 bits per heavy atom. The van der Waals surface area contributed by atoms with Crippen LogP contribution in [0.25, 0.3) is 17.0 Å². The summed E-state index contributed by atoms with van der Waals surface area (Å²) >= 11 is 0. The molecule has 0 spiro atoms. The van der Waals surface area contributed by atoms with Gasteiger partial charge in [0.05, 0.1) is 16.8 Å². The Balaban J connectivity index is 2.04. The predicted octanol–water partition coefficient (Wildman–Crippen LogP) is 3.45. The maximum Gasteiger partial charge on any atom is 0.188 e. The number of carbonyl (C=O) groups is 1. The van der Waals surface area contributed by atoms with E-state index in [1.165, 1.54) is 19.3 Å². The summed E-state index contributed by atoms with van der Waals surface area (Å²) in [5, 5.41) is 0.929. The number of aromatic nitrogens is 2. The highest BCUT2D eigenvalue weighted by Crippen LogP contribution is 2.36. The van der Waals surface area contributed by atoms with Crippen LogP contribution in [-0.2, 0) is 0 Å². The molecule has 2 aliphatic rings. The van der Waals surface area contributed by atoms with Crippen molar-refractivity contribution in [1.29, 1.82) is 0 Å². The van der Waals surface area contributed by atoms with Gasteiger partial charge in [-0.3, -0.25) is 4.79 Å². The number of anilines is 1. The number of benzene rings is 1. The second-order valence-corrected chi connectivity index (χ2v) is 6.21. The van der Waals surface area contributed by atoms with Crippen molar-refractivity contribution in [2.45, 2.75) is 33.1 Å². The molecule has 22 heavy (non-hydrogen) atoms. The molecule has 2 aromatic rings. The average molecular weight is 293 g/mol. The lowest BCUT2D eigenvalue weighted by Gasteiger charge is -2.31. The first kappa shape index (κ1) is 13.4. The van der Waals surface area contributed by atoms with Gasteiger partial charge < -0.3 is 4.90 Å². The minimum absolute atomic E-state index is 0.0746. The lowest BCUT2D eigenvalue weighted by molar-refractivity contribution is 0.104. The van der Waals surface area contributed by atoms with E-state index < -0.39 is 0 Å². The monoisotopic (exact) mass is 293 g/mol. The molecule has 0 atom stereocenters. The molecule has 0 saturated carbocycles. The van der Waals surface area contributed by atoms with E-state index in [4.69, 9.17) is 0 Å². The molecule has 0 N–H and O–H groups in total. The molecule has 4 rings (SSSR count). The molecule has 112 valence electrons. The Bertz CT molecular complexity index is 817. The Morgan fingerprint density at radius 2 is 1.82 bits per heavy atom. The molecule has 2 heterocycles. The normalized spacial score (nSPS) is 17.4. The molecule has 1 aliphatic heterocycles. The molecule has 4 heteroatoms. The third kappa shape index (κ3) is 1.94. The molecule has 1 fully saturated rings. The zero-order valence-corrected chi connectivity index (χ0v) is 13.0. The number of carbonyl (C=O) groups excluding carboxylic acids is 1. The molecular formula is C18H19N3O. The minimum Gasteiger partial charge on any atom is -0.371 e. The fourth-order valence-corrected chi connectivity index (χ4v) is 3.59. The Labute approximate surface area is 129 Å². The van der Waals surface area contributed by atoms with E-state index in [-0.39, 0.29) is 5.78 Å². The van der Waals surface area contributed by atoms with Gasteiger partial charge in [0.1, 0.15) is 5.82 Å². The van der Waals surface area contributed by atoms with E-state index in [1.54, 1.807) is 6.08 Å². The van der Waals surface area contributed by atoms with Gasteiger partial charge in [-0.05, 0) is 56.9 Å². The van der Waals surface area contributed by atoms with E-state index in [1.807, 2.05) is 13.0 Å². The van der Waals surface area contributed by atoms with Crippen LogP contribution in [0.5, 0.6) is 0 Å². The van der Waals surface area contributed by atoms with Crippen molar-refractivity contribution < 1.29 is 4.79 Å². The summed E-state index contributed by atoms with van der Waals surface area (Å²) in [6.07, 6.45) is 7.13. The zero-order valence-electron chi connectivity index (χ0n) is 13.0. The van der Waals surface area contributed by atoms with Gasteiger partial charge in [-0.2, -0.15) is 0 Å². The highest BCUT2D eigenvalue weighted by atomic mass is 16.1. The largest absolute Gasteiger partial charge is 0.371 e. The van der Waals surface area contributed by atoms with E-state index in [2.05, 4.69) is 27.9 Å². The lowest BCUT2D eigenvalue weighted by Crippen LogP contribution is -2.31. The van der Waals surface area contributed by atoms with Crippen LogP contribution in [0.15, 0.2) is 12.1 Å². The minimum atomic E-state index is 0.0746. The van der Waals surface area contributed by atoms with Crippen LogP contribution in [0.2, 0.25) is 0 Å². The van der Waals surface area contributed by atoms with E-state index in [0.29, 0.717) is 0 Å². The second-order valence-electron chi connectivity index (χ2n) is 6.21. The van der Waals surface area contributed by atoms with Gasteiger partial charge in [-0.15, -0.1) is 0 Å². The average Bonchev–Trinajstić information content (AvgIpc) is 2.53. The van der Waals surface area contributed by atoms with Crippen LogP contribution >= 0.6 is 0 Å². The van der Waals surface area contributed by atoms with Gasteiger partial charge in [-0.25, -0.2) is 9.97 Å². The fourth-order valence-electron chi connectivity index (χ4n) is 3.59. The van der Waals surface area contributed by atoms with Crippen LogP contribution in [0.1, 0.15) is 46.7 Å². The molecule has 1 saturated heterocycles. The molecule has 0 bridgehead atoms. The van der Waals surface area contributed by atoms with Crippen molar-refractivity contribution >= 4 is 28.4 Å². The fraction of sp³-hybridized carbons (Fsp3) is 0.389. The van der Waals surface area contributed by atoms with E-state index in [0.717, 1.165) is 52.3 Å². The molecule has 0 radical (unpaired) electrons. The molecule has 4 nitrogen and oxygen atoms in total. The first-order valence-corrected chi connectivity index (χ1v) is 7.94. The van der Waals surface area contributed by atoms with Crippen molar-refractivity contribution in [3.63, 3.8) is 0 Å². The molecule has 1 aromatic carbocycles. The van der Waals surface area contributed by atoms with Crippen molar-refractivity contribution in [3.8, 4) is 0 Å². The van der Waals surface area contributed by atoms with Gasteiger partial charge >= 0.3 is 0 Å². The van der Waals surface area contributed by atoms with Crippen molar-refractivity contribution in [1.82, 2.24) is 9.97 Å². The first-order valence-electron chi connectivity index (χ1n) is 7.94. The summed E-state index contributed by atoms with van der Waals surface area (Å²) in [5.74, 6) is 0.826. The maximum atomic E-state index is 12.6. The van der Waals surface area contributed by atoms with Crippen molar-refractivity contribution in [2.75, 3.05) is 18.0 Å². The number of hydrogen-bond acceptors (Lipinski definition) is 4. The molecule has 1 aliphatic carbocycles. The van der Waals surface area contributed by atoms with Gasteiger partial charge in [0.2, 0.25) is 0 Å². The number of nitrogens with zero attached hydrogens (tertiary/aromatic N) is 3. The summed E-state index contributed by atoms with van der Waals surface area (Å²) in [7, 11) is 0. The van der Waals surface area contributed by atoms with Gasteiger partial charge in [0, 0.05) is 24.2 Å². The summed E-state index contributed by atoms with van der Waals surface area (Å²) in [6.45, 7) is 6.03. The van der Waals surface area contributed by atoms with Crippen LogP contribution in [0.4, 0.5) is 5.69 Å². The zero-order chi connectivity index (χ0) is 15.3. The second kappa shape index (κ2) is 4.90. The van der Waals surface area contributed by atoms with Gasteiger partial charge in [0.15, 0.2) is 5.78 Å². The van der Waals surface area contributed by atoms with Crippen LogP contribution in [0, 0.1) is 13.8 Å². The highest BCUT2D eigenvalue weighted by molar-refractivity contribution is 6.22. The summed E-state index contributed by atoms with van der Waals surface area (Å²) < 4.78 is 0. The predicted molar refractivity (Wildman–Crippen MR) is 88.4 cm³/mol. The van der Waals surface area contributed by atoms with Gasteiger partial charge in [-0.1, -0.05) is 0 Å². The SMILES string of the molecule is Cc1nc2c3c(c(N4CCCCC4)cc(C)c3n1)C(=O)C=C2. The number of piperidine rings is 1. The van der Waals surface area contributed by atoms with Gasteiger partial charge in [0.25, 0.3) is 0 Å². The lowest BCUT2D eigenvalue weighted by atomic mass is 9.92. The number of hydrogen-bond donors (Lipinski definition) is 0. The molecule has 0 amide bonds. The van der Waals surface area contributed by atoms with E-state index >= 15 is 0 Å². The van der Waals surface area contributed by atoms with Crippen LogP contribution < -0.4 is 4.90 Å². The van der Waals surface area contributed by atoms with Crippen molar-refractivity contribution in [2.24, 2.45) is 0 Å². The summed E-state index contributed by atoms with van der Waals surface area (Å²) in [5.41, 5.74) is 4.76. The molecular weight excluding hydrogens is 274 g/mol. The Morgan fingerprint density at radius 1 is 1.05 bits per heavy atom. The first-order chi connectivity index (χ1) is 10.6. The smallest absolute Gasteiger partial charge is 0.188 e. The number of aryl methyl sites for hydroxylation is 2. The summed E-state index contributed by atoms with van der Waals surface area (Å²) in [6, 6.07) is 2.14. The highest BCUT2D eigenvalue weighted by Gasteiger charge is 2.25. The Hall–Kier alpha value is -2.23. The molecule has 1 aromatic heterocycles. The number of rotatable bonds is 1. The number of ketones is 1. The van der Waals surface area contributed by atoms with Crippen LogP contribution in [0.3, 0.4) is 0 Å². The topological polar surface area (TPSA) is 46.1 Å².